The lowest BCUT2D eigenvalue weighted by Crippen LogP contribution is -2.00. The molecule has 2 heterocycles. The summed E-state index contributed by atoms with van der Waals surface area (Å²) in [6, 6.07) is 19.7. The summed E-state index contributed by atoms with van der Waals surface area (Å²) >= 11 is 13.0. The van der Waals surface area contributed by atoms with Gasteiger partial charge in [-0.1, -0.05) is 46.6 Å². The monoisotopic (exact) mass is 546 g/mol. The first kappa shape index (κ1) is 24.3. The van der Waals surface area contributed by atoms with Crippen LogP contribution in [0.5, 0.6) is 17.4 Å². The van der Waals surface area contributed by atoms with Gasteiger partial charge in [0.2, 0.25) is 5.88 Å². The smallest absolute Gasteiger partial charge is 0.337 e. The molecule has 38 heavy (non-hydrogen) atoms. The van der Waals surface area contributed by atoms with E-state index in [1.54, 1.807) is 18.2 Å². The summed E-state index contributed by atoms with van der Waals surface area (Å²) in [6.45, 7) is 0.240. The number of halogens is 2. The first-order chi connectivity index (χ1) is 18.5. The highest BCUT2D eigenvalue weighted by Gasteiger charge is 2.33. The molecule has 3 aromatic carbocycles. The van der Waals surface area contributed by atoms with E-state index in [1.165, 1.54) is 18.3 Å². The molecule has 0 amide bonds. The minimum absolute atomic E-state index is 0.0929. The topological polar surface area (TPSA) is 94.7 Å². The molecular formula is C29H20Cl2N2O5. The molecule has 0 saturated heterocycles. The molecule has 0 aliphatic heterocycles. The van der Waals surface area contributed by atoms with E-state index in [9.17, 15) is 4.79 Å². The Morgan fingerprint density at radius 1 is 1.03 bits per heavy atom. The molecule has 1 fully saturated rings. The first-order valence-electron chi connectivity index (χ1n) is 11.9. The van der Waals surface area contributed by atoms with Crippen LogP contribution in [0, 0.1) is 0 Å². The quantitative estimate of drug-likeness (QED) is 0.210. The van der Waals surface area contributed by atoms with Crippen molar-refractivity contribution >= 4 is 39.9 Å². The van der Waals surface area contributed by atoms with Crippen molar-refractivity contribution in [3.8, 4) is 28.6 Å². The van der Waals surface area contributed by atoms with Crippen molar-refractivity contribution in [2.45, 2.75) is 25.4 Å². The maximum absolute atomic E-state index is 11.0. The van der Waals surface area contributed by atoms with Gasteiger partial charge < -0.3 is 19.1 Å². The van der Waals surface area contributed by atoms with Crippen LogP contribution in [-0.2, 0) is 6.61 Å². The Morgan fingerprint density at radius 3 is 2.53 bits per heavy atom. The van der Waals surface area contributed by atoms with Gasteiger partial charge in [-0.25, -0.2) is 9.78 Å². The Morgan fingerprint density at radius 2 is 1.82 bits per heavy atom. The molecule has 1 saturated carbocycles. The van der Waals surface area contributed by atoms with E-state index >= 15 is 0 Å². The predicted octanol–water partition coefficient (Wildman–Crippen LogP) is 8.14. The Kier molecular flexibility index (Phi) is 6.39. The third-order valence-electron chi connectivity index (χ3n) is 6.36. The van der Waals surface area contributed by atoms with Gasteiger partial charge in [-0.15, -0.1) is 0 Å². The molecule has 0 atom stereocenters. The summed E-state index contributed by atoms with van der Waals surface area (Å²) in [7, 11) is 0. The van der Waals surface area contributed by atoms with Gasteiger partial charge in [0.05, 0.1) is 21.2 Å². The van der Waals surface area contributed by atoms with Crippen LogP contribution in [-0.4, -0.2) is 21.2 Å². The van der Waals surface area contributed by atoms with Crippen LogP contribution in [0.25, 0.3) is 22.0 Å². The van der Waals surface area contributed by atoms with Gasteiger partial charge in [-0.3, -0.25) is 0 Å². The Balaban J connectivity index is 1.27. The largest absolute Gasteiger partial charge is 0.488 e. The van der Waals surface area contributed by atoms with Crippen molar-refractivity contribution in [3.05, 3.63) is 99.9 Å². The van der Waals surface area contributed by atoms with Crippen molar-refractivity contribution < 1.29 is 23.9 Å². The van der Waals surface area contributed by atoms with E-state index in [4.69, 9.17) is 42.3 Å². The number of carboxylic acid groups (broad SMARTS) is 1. The molecule has 2 aromatic heterocycles. The molecule has 190 valence electrons. The molecule has 5 aromatic rings. The molecule has 6 rings (SSSR count). The molecule has 0 spiro atoms. The third kappa shape index (κ3) is 4.78. The van der Waals surface area contributed by atoms with Gasteiger partial charge >= 0.3 is 5.97 Å². The lowest BCUT2D eigenvalue weighted by atomic mass is 10.0. The van der Waals surface area contributed by atoms with Crippen molar-refractivity contribution in [1.29, 1.82) is 0 Å². The van der Waals surface area contributed by atoms with Gasteiger partial charge in [-0.05, 0) is 60.7 Å². The summed E-state index contributed by atoms with van der Waals surface area (Å²) in [6.07, 6.45) is 3.35. The van der Waals surface area contributed by atoms with E-state index in [1.807, 2.05) is 36.4 Å². The second-order valence-corrected chi connectivity index (χ2v) is 9.78. The fourth-order valence-electron chi connectivity index (χ4n) is 4.31. The summed E-state index contributed by atoms with van der Waals surface area (Å²) in [4.78, 5) is 15.1. The number of benzene rings is 3. The number of carboxylic acids is 1. The molecule has 9 heteroatoms. The molecule has 0 unspecified atom stereocenters. The summed E-state index contributed by atoms with van der Waals surface area (Å²) in [5.74, 6) is 1.65. The number of aromatic nitrogens is 2. The average molecular weight is 547 g/mol. The second-order valence-electron chi connectivity index (χ2n) is 8.97. The number of rotatable bonds is 8. The lowest BCUT2D eigenvalue weighted by molar-refractivity contribution is 0.0696. The van der Waals surface area contributed by atoms with Crippen LogP contribution >= 0.6 is 23.2 Å². The molecule has 1 aliphatic carbocycles. The van der Waals surface area contributed by atoms with Crippen molar-refractivity contribution in [2.75, 3.05) is 0 Å². The van der Waals surface area contributed by atoms with Gasteiger partial charge in [0.15, 0.2) is 0 Å². The normalized spacial score (nSPS) is 13.0. The van der Waals surface area contributed by atoms with Crippen LogP contribution in [0.15, 0.2) is 77.4 Å². The lowest BCUT2D eigenvalue weighted by Gasteiger charge is -2.12. The van der Waals surface area contributed by atoms with Crippen LogP contribution in [0.1, 0.15) is 40.4 Å². The zero-order valence-electron chi connectivity index (χ0n) is 19.9. The van der Waals surface area contributed by atoms with Crippen LogP contribution < -0.4 is 9.47 Å². The maximum Gasteiger partial charge on any atom is 0.337 e. The number of carbonyl (C=O) groups is 1. The third-order valence-corrected chi connectivity index (χ3v) is 6.99. The predicted molar refractivity (Wildman–Crippen MR) is 143 cm³/mol. The molecule has 1 aliphatic rings. The van der Waals surface area contributed by atoms with Gasteiger partial charge in [-0.2, -0.15) is 0 Å². The van der Waals surface area contributed by atoms with Crippen LogP contribution in [0.3, 0.4) is 0 Å². The van der Waals surface area contributed by atoms with Crippen molar-refractivity contribution in [1.82, 2.24) is 10.1 Å². The number of nitrogens with zero attached hydrogens (tertiary/aromatic N) is 2. The fourth-order valence-corrected chi connectivity index (χ4v) is 4.88. The minimum atomic E-state index is -1.04. The fraction of sp³-hybridized carbons (Fsp3) is 0.138. The number of pyridine rings is 1. The molecule has 7 nitrogen and oxygen atoms in total. The van der Waals surface area contributed by atoms with E-state index in [-0.39, 0.29) is 12.2 Å². The Hall–Kier alpha value is -4.07. The zero-order chi connectivity index (χ0) is 26.2. The number of hydrogen-bond acceptors (Lipinski definition) is 6. The SMILES string of the molecule is O=C(O)c1ccc(Oc2ccc3c(OCc4c(-c5c(Cl)cccc5Cl)noc4C4CC4)cccc3c2)nc1. The zero-order valence-corrected chi connectivity index (χ0v) is 21.4. The number of aromatic carboxylic acids is 1. The minimum Gasteiger partial charge on any atom is -0.488 e. The van der Waals surface area contributed by atoms with E-state index < -0.39 is 5.97 Å². The molecular weight excluding hydrogens is 527 g/mol. The highest BCUT2D eigenvalue weighted by molar-refractivity contribution is 6.39. The van der Waals surface area contributed by atoms with Gasteiger partial charge in [0.25, 0.3) is 0 Å². The molecule has 1 N–H and O–H groups in total. The second kappa shape index (κ2) is 10.0. The van der Waals surface area contributed by atoms with Crippen molar-refractivity contribution in [2.24, 2.45) is 0 Å². The van der Waals surface area contributed by atoms with E-state index in [0.29, 0.717) is 44.6 Å². The summed E-state index contributed by atoms with van der Waals surface area (Å²) in [5, 5.41) is 16.2. The average Bonchev–Trinajstić information content (AvgIpc) is 3.67. The van der Waals surface area contributed by atoms with E-state index in [0.717, 1.165) is 34.9 Å². The van der Waals surface area contributed by atoms with Crippen LogP contribution in [0.4, 0.5) is 0 Å². The molecule has 0 bridgehead atoms. The Bertz CT molecular complexity index is 1640. The van der Waals surface area contributed by atoms with Crippen LogP contribution in [0.2, 0.25) is 10.0 Å². The van der Waals surface area contributed by atoms with Gasteiger partial charge in [0.1, 0.15) is 29.6 Å². The highest BCUT2D eigenvalue weighted by atomic mass is 35.5. The van der Waals surface area contributed by atoms with Crippen molar-refractivity contribution in [3.63, 3.8) is 0 Å². The number of fused-ring (bicyclic) bond motifs is 1. The standard InChI is InChI=1S/C29H20Cl2N2O5/c30-22-4-2-5-23(31)26(22)27-21(28(38-33-27)16-7-8-16)15-36-24-6-1-3-17-13-19(10-11-20(17)24)37-25-12-9-18(14-32-25)29(34)35/h1-6,9-14,16H,7-8,15H2,(H,34,35). The highest BCUT2D eigenvalue weighted by Crippen LogP contribution is 2.46. The number of ether oxygens (including phenoxy) is 2. The maximum atomic E-state index is 11.0. The Labute approximate surface area is 227 Å². The number of hydrogen-bond donors (Lipinski definition) is 1. The molecule has 0 radical (unpaired) electrons. The van der Waals surface area contributed by atoms with Gasteiger partial charge in [0, 0.05) is 29.1 Å². The summed E-state index contributed by atoms with van der Waals surface area (Å²) < 4.78 is 17.9. The summed E-state index contributed by atoms with van der Waals surface area (Å²) in [5.41, 5.74) is 2.17. The van der Waals surface area contributed by atoms with E-state index in [2.05, 4.69) is 10.1 Å². The first-order valence-corrected chi connectivity index (χ1v) is 12.7.